The predicted octanol–water partition coefficient (Wildman–Crippen LogP) is 2.03. The highest BCUT2D eigenvalue weighted by Crippen LogP contribution is 2.12. The second kappa shape index (κ2) is 2.53. The molecular weight excluding hydrogens is 112 g/mol. The fourth-order valence-electron chi connectivity index (χ4n) is 0.779. The van der Waals surface area contributed by atoms with Crippen LogP contribution in [-0.2, 0) is 4.74 Å². The minimum Gasteiger partial charge on any atom is -0.489 e. The second-order valence-corrected chi connectivity index (χ2v) is 1.96. The lowest BCUT2D eigenvalue weighted by Gasteiger charge is -2.10. The summed E-state index contributed by atoms with van der Waals surface area (Å²) in [6.07, 6.45) is 5.77. The van der Waals surface area contributed by atoms with E-state index in [1.807, 2.05) is 19.1 Å². The van der Waals surface area contributed by atoms with Gasteiger partial charge in [-0.15, -0.1) is 0 Å². The van der Waals surface area contributed by atoms with Crippen LogP contribution in [0.4, 0.5) is 0 Å². The van der Waals surface area contributed by atoms with E-state index in [1.54, 1.807) is 6.08 Å². The van der Waals surface area contributed by atoms with Crippen molar-refractivity contribution in [3.05, 3.63) is 36.1 Å². The molecule has 9 heavy (non-hydrogen) atoms. The van der Waals surface area contributed by atoms with Gasteiger partial charge in [0.15, 0.2) is 0 Å². The van der Waals surface area contributed by atoms with Crippen molar-refractivity contribution in [1.29, 1.82) is 0 Å². The van der Waals surface area contributed by atoms with Crippen LogP contribution < -0.4 is 0 Å². The molecule has 0 saturated heterocycles. The van der Waals surface area contributed by atoms with E-state index in [-0.39, 0.29) is 0 Å². The third-order valence-electron chi connectivity index (χ3n) is 1.28. The molecule has 1 aliphatic heterocycles. The van der Waals surface area contributed by atoms with Crippen LogP contribution in [0, 0.1) is 0 Å². The first-order valence-electron chi connectivity index (χ1n) is 2.97. The number of hydrogen-bond acceptors (Lipinski definition) is 1. The molecule has 0 radical (unpaired) electrons. The zero-order chi connectivity index (χ0) is 6.69. The third kappa shape index (κ3) is 1.22. The van der Waals surface area contributed by atoms with Gasteiger partial charge in [-0.05, 0) is 24.6 Å². The second-order valence-electron chi connectivity index (χ2n) is 1.96. The average molecular weight is 122 g/mol. The molecule has 0 spiro atoms. The van der Waals surface area contributed by atoms with Crippen LogP contribution in [0.3, 0.4) is 0 Å². The van der Waals surface area contributed by atoms with Crippen LogP contribution in [0.5, 0.6) is 0 Å². The number of rotatable bonds is 1. The molecule has 0 aliphatic carbocycles. The van der Waals surface area contributed by atoms with Crippen molar-refractivity contribution in [2.75, 3.05) is 6.61 Å². The molecule has 0 saturated carbocycles. The van der Waals surface area contributed by atoms with Gasteiger partial charge in [0.25, 0.3) is 0 Å². The van der Waals surface area contributed by atoms with Crippen LogP contribution in [0.2, 0.25) is 0 Å². The summed E-state index contributed by atoms with van der Waals surface area (Å²) < 4.78 is 5.21. The first-order chi connectivity index (χ1) is 4.34. The summed E-state index contributed by atoms with van der Waals surface area (Å²) in [6, 6.07) is 0. The minimum absolute atomic E-state index is 0.679. The summed E-state index contributed by atoms with van der Waals surface area (Å²) >= 11 is 0. The van der Waals surface area contributed by atoms with Crippen LogP contribution in [0.25, 0.3) is 0 Å². The van der Waals surface area contributed by atoms with Gasteiger partial charge in [-0.3, -0.25) is 0 Å². The molecule has 1 rings (SSSR count). The lowest BCUT2D eigenvalue weighted by atomic mass is 10.2. The molecule has 1 heteroatoms. The summed E-state index contributed by atoms with van der Waals surface area (Å²) in [5.41, 5.74) is 1.15. The van der Waals surface area contributed by atoms with E-state index in [2.05, 4.69) is 6.58 Å². The smallest absolute Gasteiger partial charge is 0.122 e. The summed E-state index contributed by atoms with van der Waals surface area (Å²) in [5.74, 6) is 0.900. The van der Waals surface area contributed by atoms with Gasteiger partial charge < -0.3 is 4.74 Å². The Morgan fingerprint density at radius 2 is 2.56 bits per heavy atom. The normalized spacial score (nSPS) is 17.4. The highest BCUT2D eigenvalue weighted by atomic mass is 16.5. The quantitative estimate of drug-likeness (QED) is 0.517. The van der Waals surface area contributed by atoms with Crippen LogP contribution >= 0.6 is 0 Å². The van der Waals surface area contributed by atoms with E-state index >= 15 is 0 Å². The molecule has 0 aromatic heterocycles. The Kier molecular flexibility index (Phi) is 1.73. The Morgan fingerprint density at radius 1 is 1.78 bits per heavy atom. The van der Waals surface area contributed by atoms with Gasteiger partial charge in [0.1, 0.15) is 12.4 Å². The monoisotopic (exact) mass is 122 g/mol. The highest BCUT2D eigenvalue weighted by molar-refractivity contribution is 5.28. The fraction of sp³-hybridized carbons (Fsp3) is 0.250. The summed E-state index contributed by atoms with van der Waals surface area (Å²) in [4.78, 5) is 0. The van der Waals surface area contributed by atoms with Crippen molar-refractivity contribution >= 4 is 0 Å². The average Bonchev–Trinajstić information content (AvgIpc) is 1.89. The Hall–Kier alpha value is -0.980. The van der Waals surface area contributed by atoms with Gasteiger partial charge in [-0.1, -0.05) is 12.7 Å². The van der Waals surface area contributed by atoms with E-state index in [1.165, 1.54) is 0 Å². The molecule has 0 fully saturated rings. The summed E-state index contributed by atoms with van der Waals surface area (Å²) in [6.45, 7) is 6.30. The minimum atomic E-state index is 0.679. The Bertz CT molecular complexity index is 175. The first kappa shape index (κ1) is 6.14. The lowest BCUT2D eigenvalue weighted by Crippen LogP contribution is -1.96. The molecule has 48 valence electrons. The van der Waals surface area contributed by atoms with Crippen molar-refractivity contribution in [2.24, 2.45) is 0 Å². The standard InChI is InChI=1S/C8H10O/c1-3-8-7(2)5-4-6-9-8/h3-5H,1,6H2,2H3. The molecule has 0 aromatic rings. The maximum atomic E-state index is 5.21. The Labute approximate surface area is 55.3 Å². The van der Waals surface area contributed by atoms with Gasteiger partial charge in [-0.2, -0.15) is 0 Å². The van der Waals surface area contributed by atoms with Gasteiger partial charge >= 0.3 is 0 Å². The summed E-state index contributed by atoms with van der Waals surface area (Å²) in [7, 11) is 0. The predicted molar refractivity (Wildman–Crippen MR) is 38.0 cm³/mol. The van der Waals surface area contributed by atoms with Gasteiger partial charge in [0.2, 0.25) is 0 Å². The van der Waals surface area contributed by atoms with E-state index in [0.717, 1.165) is 11.3 Å². The van der Waals surface area contributed by atoms with Crippen molar-refractivity contribution in [1.82, 2.24) is 0 Å². The maximum absolute atomic E-state index is 5.21. The number of ether oxygens (including phenoxy) is 1. The largest absolute Gasteiger partial charge is 0.489 e. The molecular formula is C8H10O. The van der Waals surface area contributed by atoms with Crippen molar-refractivity contribution in [3.8, 4) is 0 Å². The lowest BCUT2D eigenvalue weighted by molar-refractivity contribution is 0.254. The van der Waals surface area contributed by atoms with Gasteiger partial charge in [0, 0.05) is 0 Å². The molecule has 0 bridgehead atoms. The zero-order valence-electron chi connectivity index (χ0n) is 5.55. The Balaban J connectivity index is 2.84. The maximum Gasteiger partial charge on any atom is 0.122 e. The van der Waals surface area contributed by atoms with Crippen molar-refractivity contribution < 1.29 is 4.74 Å². The third-order valence-corrected chi connectivity index (χ3v) is 1.28. The molecule has 0 unspecified atom stereocenters. The van der Waals surface area contributed by atoms with Crippen molar-refractivity contribution in [3.63, 3.8) is 0 Å². The van der Waals surface area contributed by atoms with Gasteiger partial charge in [0.05, 0.1) is 0 Å². The SMILES string of the molecule is C=CC1=C(C)C=CCO1. The van der Waals surface area contributed by atoms with E-state index in [0.29, 0.717) is 6.61 Å². The molecule has 1 nitrogen and oxygen atoms in total. The number of hydrogen-bond donors (Lipinski definition) is 0. The van der Waals surface area contributed by atoms with Gasteiger partial charge in [-0.25, -0.2) is 0 Å². The molecule has 0 aromatic carbocycles. The molecule has 1 aliphatic rings. The highest BCUT2D eigenvalue weighted by Gasteiger charge is 1.98. The molecule has 0 amide bonds. The zero-order valence-corrected chi connectivity index (χ0v) is 5.55. The van der Waals surface area contributed by atoms with Crippen LogP contribution in [0.1, 0.15) is 6.92 Å². The molecule has 0 atom stereocenters. The fourth-order valence-corrected chi connectivity index (χ4v) is 0.779. The Morgan fingerprint density at radius 3 is 3.00 bits per heavy atom. The summed E-state index contributed by atoms with van der Waals surface area (Å²) in [5, 5.41) is 0. The van der Waals surface area contributed by atoms with E-state index in [9.17, 15) is 0 Å². The van der Waals surface area contributed by atoms with E-state index in [4.69, 9.17) is 4.74 Å². The van der Waals surface area contributed by atoms with E-state index < -0.39 is 0 Å². The number of allylic oxidation sites excluding steroid dienone is 3. The van der Waals surface area contributed by atoms with Crippen molar-refractivity contribution in [2.45, 2.75) is 6.92 Å². The van der Waals surface area contributed by atoms with Crippen LogP contribution in [-0.4, -0.2) is 6.61 Å². The molecule has 0 N–H and O–H groups in total. The molecule has 1 heterocycles. The first-order valence-corrected chi connectivity index (χ1v) is 2.97. The van der Waals surface area contributed by atoms with Crippen LogP contribution in [0.15, 0.2) is 36.1 Å². The topological polar surface area (TPSA) is 9.23 Å².